The molecule has 4 heteroatoms. The fourth-order valence-corrected chi connectivity index (χ4v) is 4.17. The number of hydrogen-bond acceptors (Lipinski definition) is 3. The molecule has 2 fully saturated rings. The lowest BCUT2D eigenvalue weighted by atomic mass is 9.83. The van der Waals surface area contributed by atoms with E-state index in [1.807, 2.05) is 0 Å². The molecule has 0 bridgehead atoms. The maximum atomic E-state index is 12.3. The van der Waals surface area contributed by atoms with Gasteiger partial charge in [0.25, 0.3) is 0 Å². The topological polar surface area (TPSA) is 58.4 Å². The predicted molar refractivity (Wildman–Crippen MR) is 87.0 cm³/mol. The number of nitrogens with two attached hydrogens (primary N) is 1. The summed E-state index contributed by atoms with van der Waals surface area (Å²) in [6.07, 6.45) is 9.92. The molecule has 0 aromatic heterocycles. The minimum Gasteiger partial charge on any atom is -0.352 e. The van der Waals surface area contributed by atoms with Crippen LogP contribution in [-0.2, 0) is 4.79 Å². The average Bonchev–Trinajstić information content (AvgIpc) is 2.49. The molecule has 4 nitrogen and oxygen atoms in total. The second-order valence-corrected chi connectivity index (χ2v) is 7.20. The monoisotopic (exact) mass is 295 g/mol. The van der Waals surface area contributed by atoms with Crippen molar-refractivity contribution in [1.29, 1.82) is 0 Å². The number of carbonyl (C=O) groups excluding carboxylic acids is 1. The van der Waals surface area contributed by atoms with E-state index >= 15 is 0 Å². The molecule has 2 rings (SSSR count). The summed E-state index contributed by atoms with van der Waals surface area (Å²) in [5.74, 6) is 1.38. The summed E-state index contributed by atoms with van der Waals surface area (Å²) in [7, 11) is 2.09. The van der Waals surface area contributed by atoms with Crippen LogP contribution in [0.15, 0.2) is 0 Å². The zero-order valence-electron chi connectivity index (χ0n) is 13.8. The van der Waals surface area contributed by atoms with Gasteiger partial charge in [0.15, 0.2) is 0 Å². The third-order valence-electron chi connectivity index (χ3n) is 5.59. The van der Waals surface area contributed by atoms with Crippen LogP contribution < -0.4 is 11.1 Å². The molecule has 3 N–H and O–H groups in total. The van der Waals surface area contributed by atoms with E-state index in [4.69, 9.17) is 5.73 Å². The first kappa shape index (κ1) is 16.8. The molecule has 2 aliphatic rings. The molecule has 0 aromatic rings. The quantitative estimate of drug-likeness (QED) is 0.817. The molecule has 1 amide bonds. The second kappa shape index (κ2) is 8.14. The van der Waals surface area contributed by atoms with Crippen LogP contribution in [0.4, 0.5) is 0 Å². The molecule has 0 saturated heterocycles. The van der Waals surface area contributed by atoms with Gasteiger partial charge in [-0.25, -0.2) is 0 Å². The maximum Gasteiger partial charge on any atom is 0.234 e. The van der Waals surface area contributed by atoms with Crippen molar-refractivity contribution >= 4 is 5.91 Å². The Morgan fingerprint density at radius 3 is 2.52 bits per heavy atom. The molecule has 0 spiro atoms. The van der Waals surface area contributed by atoms with Gasteiger partial charge >= 0.3 is 0 Å². The Bertz CT molecular complexity index is 334. The van der Waals surface area contributed by atoms with E-state index in [0.717, 1.165) is 13.0 Å². The number of rotatable bonds is 5. The van der Waals surface area contributed by atoms with E-state index in [9.17, 15) is 4.79 Å². The van der Waals surface area contributed by atoms with E-state index < -0.39 is 0 Å². The molecular formula is C17H33N3O. The minimum absolute atomic E-state index is 0.192. The van der Waals surface area contributed by atoms with Crippen molar-refractivity contribution in [3.63, 3.8) is 0 Å². The van der Waals surface area contributed by atoms with E-state index in [1.54, 1.807) is 0 Å². The second-order valence-electron chi connectivity index (χ2n) is 7.20. The fourth-order valence-electron chi connectivity index (χ4n) is 4.17. The van der Waals surface area contributed by atoms with Gasteiger partial charge in [-0.1, -0.05) is 32.6 Å². The highest BCUT2D eigenvalue weighted by Crippen LogP contribution is 2.27. The normalized spacial score (nSPS) is 33.9. The zero-order chi connectivity index (χ0) is 15.2. The lowest BCUT2D eigenvalue weighted by Gasteiger charge is -2.37. The van der Waals surface area contributed by atoms with Crippen LogP contribution >= 0.6 is 0 Å². The molecule has 0 aromatic carbocycles. The van der Waals surface area contributed by atoms with Crippen LogP contribution in [0.3, 0.4) is 0 Å². The Hall–Kier alpha value is -0.610. The smallest absolute Gasteiger partial charge is 0.234 e. The van der Waals surface area contributed by atoms with Crippen LogP contribution in [0.2, 0.25) is 0 Å². The maximum absolute atomic E-state index is 12.3. The number of amides is 1. The first-order chi connectivity index (χ1) is 10.1. The van der Waals surface area contributed by atoms with E-state index in [2.05, 4.69) is 24.2 Å². The third-order valence-corrected chi connectivity index (χ3v) is 5.59. The first-order valence-corrected chi connectivity index (χ1v) is 8.81. The Balaban J connectivity index is 1.80. The van der Waals surface area contributed by atoms with Gasteiger partial charge in [-0.3, -0.25) is 9.69 Å². The number of nitrogens with zero attached hydrogens (tertiary/aromatic N) is 1. The molecule has 4 atom stereocenters. The summed E-state index contributed by atoms with van der Waals surface area (Å²) in [5, 5.41) is 3.26. The van der Waals surface area contributed by atoms with Crippen LogP contribution in [0.25, 0.3) is 0 Å². The van der Waals surface area contributed by atoms with Crippen molar-refractivity contribution in [1.82, 2.24) is 10.2 Å². The molecule has 122 valence electrons. The molecule has 21 heavy (non-hydrogen) atoms. The van der Waals surface area contributed by atoms with E-state index in [-0.39, 0.29) is 5.91 Å². The van der Waals surface area contributed by atoms with Crippen LogP contribution in [0.5, 0.6) is 0 Å². The summed E-state index contributed by atoms with van der Waals surface area (Å²) in [6, 6.07) is 0.870. The van der Waals surface area contributed by atoms with E-state index in [0.29, 0.717) is 30.5 Å². The number of nitrogens with one attached hydrogen (secondary N) is 1. The summed E-state index contributed by atoms with van der Waals surface area (Å²) in [4.78, 5) is 14.6. The van der Waals surface area contributed by atoms with Crippen molar-refractivity contribution in [3.8, 4) is 0 Å². The SMILES string of the molecule is CC1CCCCC1NC(=O)CN(C)C1CCCCC1CN. The van der Waals surface area contributed by atoms with Gasteiger partial charge in [-0.05, 0) is 51.1 Å². The highest BCUT2D eigenvalue weighted by atomic mass is 16.2. The zero-order valence-corrected chi connectivity index (χ0v) is 13.8. The van der Waals surface area contributed by atoms with Crippen molar-refractivity contribution in [2.45, 2.75) is 70.4 Å². The number of likely N-dealkylation sites (N-methyl/N-ethyl adjacent to an activating group) is 1. The minimum atomic E-state index is 0.192. The highest BCUT2D eigenvalue weighted by molar-refractivity contribution is 5.78. The van der Waals surface area contributed by atoms with Gasteiger partial charge in [0, 0.05) is 12.1 Å². The number of carbonyl (C=O) groups is 1. The van der Waals surface area contributed by atoms with Gasteiger partial charge in [-0.2, -0.15) is 0 Å². The van der Waals surface area contributed by atoms with Gasteiger partial charge in [-0.15, -0.1) is 0 Å². The van der Waals surface area contributed by atoms with Gasteiger partial charge < -0.3 is 11.1 Å². The predicted octanol–water partition coefficient (Wildman–Crippen LogP) is 2.13. The summed E-state index contributed by atoms with van der Waals surface area (Å²) in [5.41, 5.74) is 5.90. The largest absolute Gasteiger partial charge is 0.352 e. The summed E-state index contributed by atoms with van der Waals surface area (Å²) < 4.78 is 0. The third kappa shape index (κ3) is 4.68. The highest BCUT2D eigenvalue weighted by Gasteiger charge is 2.29. The summed E-state index contributed by atoms with van der Waals surface area (Å²) >= 11 is 0. The van der Waals surface area contributed by atoms with Crippen LogP contribution in [0.1, 0.15) is 58.3 Å². The Kier molecular flexibility index (Phi) is 6.49. The number of hydrogen-bond donors (Lipinski definition) is 2. The standard InChI is InChI=1S/C17H33N3O/c1-13-7-3-5-9-15(13)19-17(21)12-20(2)16-10-6-4-8-14(16)11-18/h13-16H,3-12,18H2,1-2H3,(H,19,21). The Labute approximate surface area is 129 Å². The van der Waals surface area contributed by atoms with Gasteiger partial charge in [0.2, 0.25) is 5.91 Å². The van der Waals surface area contributed by atoms with E-state index in [1.165, 1.54) is 44.9 Å². The molecule has 2 saturated carbocycles. The summed E-state index contributed by atoms with van der Waals surface area (Å²) in [6.45, 7) is 3.53. The molecule has 2 aliphatic carbocycles. The van der Waals surface area contributed by atoms with Crippen molar-refractivity contribution in [2.75, 3.05) is 20.1 Å². The van der Waals surface area contributed by atoms with Crippen molar-refractivity contribution < 1.29 is 4.79 Å². The van der Waals surface area contributed by atoms with Gasteiger partial charge in [0.05, 0.1) is 6.54 Å². The Morgan fingerprint density at radius 1 is 1.14 bits per heavy atom. The lowest BCUT2D eigenvalue weighted by molar-refractivity contribution is -0.124. The Morgan fingerprint density at radius 2 is 1.81 bits per heavy atom. The van der Waals surface area contributed by atoms with Crippen LogP contribution in [-0.4, -0.2) is 43.0 Å². The molecule has 4 unspecified atom stereocenters. The average molecular weight is 295 g/mol. The van der Waals surface area contributed by atoms with Crippen molar-refractivity contribution in [2.24, 2.45) is 17.6 Å². The van der Waals surface area contributed by atoms with Crippen molar-refractivity contribution in [3.05, 3.63) is 0 Å². The van der Waals surface area contributed by atoms with Gasteiger partial charge in [0.1, 0.15) is 0 Å². The van der Waals surface area contributed by atoms with Crippen LogP contribution in [0, 0.1) is 11.8 Å². The first-order valence-electron chi connectivity index (χ1n) is 8.81. The molecule has 0 radical (unpaired) electrons. The molecule has 0 aliphatic heterocycles. The molecular weight excluding hydrogens is 262 g/mol. The fraction of sp³-hybridized carbons (Fsp3) is 0.941. The molecule has 0 heterocycles. The lowest BCUT2D eigenvalue weighted by Crippen LogP contribution is -2.49.